The molecule has 1 aromatic carbocycles. The summed E-state index contributed by atoms with van der Waals surface area (Å²) in [4.78, 5) is 13.9. The van der Waals surface area contributed by atoms with Crippen molar-refractivity contribution in [1.82, 2.24) is 14.7 Å². The highest BCUT2D eigenvalue weighted by Gasteiger charge is 2.18. The van der Waals surface area contributed by atoms with Crippen molar-refractivity contribution < 1.29 is 4.79 Å². The molecule has 7 heteroatoms. The molecule has 2 rings (SSSR count). The van der Waals surface area contributed by atoms with Crippen LogP contribution in [-0.4, -0.2) is 27.6 Å². The summed E-state index contributed by atoms with van der Waals surface area (Å²) in [7, 11) is 3.45. The number of hydrogen-bond acceptors (Lipinski definition) is 2. The quantitative estimate of drug-likeness (QED) is 0.860. The number of hydrogen-bond donors (Lipinski definition) is 0. The maximum absolute atomic E-state index is 12.4. The Labute approximate surface area is 131 Å². The molecule has 106 valence electrons. The Balaban J connectivity index is 2.21. The molecular weight excluding hydrogens is 321 g/mol. The van der Waals surface area contributed by atoms with E-state index in [0.29, 0.717) is 27.2 Å². The van der Waals surface area contributed by atoms with E-state index in [1.54, 1.807) is 43.2 Å². The first-order valence-electron chi connectivity index (χ1n) is 5.77. The molecule has 0 fully saturated rings. The van der Waals surface area contributed by atoms with Crippen LogP contribution in [0.1, 0.15) is 16.1 Å². The molecule has 2 aromatic rings. The van der Waals surface area contributed by atoms with Crippen molar-refractivity contribution in [2.45, 2.75) is 6.54 Å². The number of rotatable bonds is 3. The number of aromatic nitrogens is 2. The Kier molecular flexibility index (Phi) is 4.58. The van der Waals surface area contributed by atoms with Gasteiger partial charge in [-0.15, -0.1) is 0 Å². The van der Waals surface area contributed by atoms with E-state index in [0.717, 1.165) is 5.69 Å². The smallest absolute Gasteiger partial charge is 0.255 e. The SMILES string of the molecule is CN(Cc1c(Cl)cnn1C)C(=O)c1ccc(Cl)cc1Cl. The number of carbonyl (C=O) groups excluding carboxylic acids is 1. The minimum absolute atomic E-state index is 0.205. The van der Waals surface area contributed by atoms with Gasteiger partial charge in [-0.05, 0) is 18.2 Å². The van der Waals surface area contributed by atoms with E-state index < -0.39 is 0 Å². The fraction of sp³-hybridized carbons (Fsp3) is 0.231. The molecule has 20 heavy (non-hydrogen) atoms. The number of amides is 1. The van der Waals surface area contributed by atoms with Gasteiger partial charge >= 0.3 is 0 Å². The molecule has 0 aliphatic rings. The van der Waals surface area contributed by atoms with E-state index in [-0.39, 0.29) is 5.91 Å². The number of halogens is 3. The Bertz CT molecular complexity index is 635. The van der Waals surface area contributed by atoms with Crippen LogP contribution < -0.4 is 0 Å². The van der Waals surface area contributed by atoms with Crippen molar-refractivity contribution in [2.75, 3.05) is 7.05 Å². The van der Waals surface area contributed by atoms with E-state index in [2.05, 4.69) is 5.10 Å². The van der Waals surface area contributed by atoms with E-state index in [4.69, 9.17) is 34.8 Å². The zero-order chi connectivity index (χ0) is 14.9. The van der Waals surface area contributed by atoms with Crippen LogP contribution in [0.2, 0.25) is 15.1 Å². The monoisotopic (exact) mass is 331 g/mol. The third kappa shape index (κ3) is 3.08. The first-order valence-corrected chi connectivity index (χ1v) is 6.90. The van der Waals surface area contributed by atoms with Crippen molar-refractivity contribution in [1.29, 1.82) is 0 Å². The maximum atomic E-state index is 12.4. The largest absolute Gasteiger partial charge is 0.336 e. The van der Waals surface area contributed by atoms with Crippen LogP contribution in [0, 0.1) is 0 Å². The lowest BCUT2D eigenvalue weighted by atomic mass is 10.2. The number of aryl methyl sites for hydroxylation is 1. The van der Waals surface area contributed by atoms with Gasteiger partial charge in [0.2, 0.25) is 0 Å². The van der Waals surface area contributed by atoms with Gasteiger partial charge in [0.05, 0.1) is 34.0 Å². The summed E-state index contributed by atoms with van der Waals surface area (Å²) in [6, 6.07) is 4.78. The molecule has 0 aliphatic heterocycles. The van der Waals surface area contributed by atoms with Crippen LogP contribution >= 0.6 is 34.8 Å². The second-order valence-electron chi connectivity index (χ2n) is 4.35. The van der Waals surface area contributed by atoms with Gasteiger partial charge in [-0.1, -0.05) is 34.8 Å². The highest BCUT2D eigenvalue weighted by Crippen LogP contribution is 2.23. The minimum Gasteiger partial charge on any atom is -0.336 e. The summed E-state index contributed by atoms with van der Waals surface area (Å²) in [6.45, 7) is 0.340. The van der Waals surface area contributed by atoms with Crippen LogP contribution in [0.25, 0.3) is 0 Å². The van der Waals surface area contributed by atoms with Crippen molar-refractivity contribution in [2.24, 2.45) is 7.05 Å². The Morgan fingerprint density at radius 3 is 2.55 bits per heavy atom. The third-order valence-electron chi connectivity index (χ3n) is 2.91. The predicted octanol–water partition coefficient (Wildman–Crippen LogP) is 3.65. The Morgan fingerprint density at radius 1 is 1.30 bits per heavy atom. The molecule has 0 atom stereocenters. The van der Waals surface area contributed by atoms with E-state index >= 15 is 0 Å². The first-order chi connectivity index (χ1) is 9.40. The first kappa shape index (κ1) is 15.2. The third-order valence-corrected chi connectivity index (χ3v) is 3.77. The standard InChI is InChI=1S/C13H12Cl3N3O/c1-18(7-12-11(16)6-17-19(12)2)13(20)9-4-3-8(14)5-10(9)15/h3-6H,7H2,1-2H3. The number of nitrogens with zero attached hydrogens (tertiary/aromatic N) is 3. The molecule has 1 amide bonds. The molecule has 1 heterocycles. The topological polar surface area (TPSA) is 38.1 Å². The van der Waals surface area contributed by atoms with Gasteiger partial charge in [0.1, 0.15) is 0 Å². The van der Waals surface area contributed by atoms with Crippen molar-refractivity contribution in [3.05, 3.63) is 50.7 Å². The molecular formula is C13H12Cl3N3O. The fourth-order valence-electron chi connectivity index (χ4n) is 1.78. The molecule has 0 saturated heterocycles. The summed E-state index contributed by atoms with van der Waals surface area (Å²) < 4.78 is 1.63. The van der Waals surface area contributed by atoms with Gasteiger partial charge in [-0.3, -0.25) is 9.48 Å². The fourth-order valence-corrected chi connectivity index (χ4v) is 2.49. The Morgan fingerprint density at radius 2 is 2.00 bits per heavy atom. The van der Waals surface area contributed by atoms with E-state index in [1.165, 1.54) is 4.90 Å². The lowest BCUT2D eigenvalue weighted by molar-refractivity contribution is 0.0782. The zero-order valence-electron chi connectivity index (χ0n) is 10.9. The second kappa shape index (κ2) is 6.04. The van der Waals surface area contributed by atoms with Gasteiger partial charge in [-0.2, -0.15) is 5.10 Å². The number of carbonyl (C=O) groups is 1. The number of benzene rings is 1. The molecule has 1 aromatic heterocycles. The highest BCUT2D eigenvalue weighted by atomic mass is 35.5. The van der Waals surface area contributed by atoms with E-state index in [1.807, 2.05) is 0 Å². The van der Waals surface area contributed by atoms with Crippen molar-refractivity contribution >= 4 is 40.7 Å². The molecule has 0 aliphatic carbocycles. The summed E-state index contributed by atoms with van der Waals surface area (Å²) in [6.07, 6.45) is 1.55. The molecule has 0 spiro atoms. The lowest BCUT2D eigenvalue weighted by Crippen LogP contribution is -2.27. The molecule has 4 nitrogen and oxygen atoms in total. The van der Waals surface area contributed by atoms with E-state index in [9.17, 15) is 4.79 Å². The van der Waals surface area contributed by atoms with Gasteiger partial charge in [-0.25, -0.2) is 0 Å². The maximum Gasteiger partial charge on any atom is 0.255 e. The average molecular weight is 333 g/mol. The summed E-state index contributed by atoms with van der Waals surface area (Å²) >= 11 is 17.9. The van der Waals surface area contributed by atoms with Gasteiger partial charge in [0.15, 0.2) is 0 Å². The molecule has 0 N–H and O–H groups in total. The predicted molar refractivity (Wildman–Crippen MR) is 80.5 cm³/mol. The molecule has 0 unspecified atom stereocenters. The normalized spacial score (nSPS) is 10.7. The van der Waals surface area contributed by atoms with Crippen molar-refractivity contribution in [3.63, 3.8) is 0 Å². The van der Waals surface area contributed by atoms with Crippen LogP contribution in [0.15, 0.2) is 24.4 Å². The Hall–Kier alpha value is -1.23. The van der Waals surface area contributed by atoms with Crippen LogP contribution in [0.3, 0.4) is 0 Å². The molecule has 0 bridgehead atoms. The molecule has 0 saturated carbocycles. The van der Waals surface area contributed by atoms with Crippen LogP contribution in [0.5, 0.6) is 0 Å². The minimum atomic E-state index is -0.205. The summed E-state index contributed by atoms with van der Waals surface area (Å²) in [5, 5.41) is 5.37. The lowest BCUT2D eigenvalue weighted by Gasteiger charge is -2.18. The summed E-state index contributed by atoms with van der Waals surface area (Å²) in [5.41, 5.74) is 1.16. The molecule has 0 radical (unpaired) electrons. The van der Waals surface area contributed by atoms with Gasteiger partial charge in [0, 0.05) is 19.1 Å². The average Bonchev–Trinajstić information content (AvgIpc) is 2.70. The summed E-state index contributed by atoms with van der Waals surface area (Å²) in [5.74, 6) is -0.205. The zero-order valence-corrected chi connectivity index (χ0v) is 13.2. The highest BCUT2D eigenvalue weighted by molar-refractivity contribution is 6.36. The van der Waals surface area contributed by atoms with Crippen molar-refractivity contribution in [3.8, 4) is 0 Å². The van der Waals surface area contributed by atoms with Crippen LogP contribution in [0.4, 0.5) is 0 Å². The second-order valence-corrected chi connectivity index (χ2v) is 5.60. The van der Waals surface area contributed by atoms with Gasteiger partial charge in [0.25, 0.3) is 5.91 Å². The van der Waals surface area contributed by atoms with Gasteiger partial charge < -0.3 is 4.90 Å². The van der Waals surface area contributed by atoms with Crippen LogP contribution in [-0.2, 0) is 13.6 Å².